The molecule has 0 radical (unpaired) electrons. The van der Waals surface area contributed by atoms with E-state index in [0.29, 0.717) is 0 Å². The van der Waals surface area contributed by atoms with Gasteiger partial charge in [0, 0.05) is 21.0 Å². The van der Waals surface area contributed by atoms with Crippen molar-refractivity contribution in [1.82, 2.24) is 4.90 Å². The summed E-state index contributed by atoms with van der Waals surface area (Å²) >= 11 is 0. The van der Waals surface area contributed by atoms with E-state index in [4.69, 9.17) is 0 Å². The Morgan fingerprint density at radius 1 is 1.50 bits per heavy atom. The van der Waals surface area contributed by atoms with Gasteiger partial charge in [-0.1, -0.05) is 0 Å². The van der Waals surface area contributed by atoms with Gasteiger partial charge >= 0.3 is 0 Å². The van der Waals surface area contributed by atoms with Gasteiger partial charge in [-0.25, -0.2) is 0 Å². The molecule has 0 aromatic carbocycles. The van der Waals surface area contributed by atoms with Crippen LogP contribution in [0.15, 0.2) is 0 Å². The number of carbonyl (C=O) groups is 1. The van der Waals surface area contributed by atoms with Crippen molar-refractivity contribution in [3.05, 3.63) is 0 Å². The molecule has 0 aliphatic carbocycles. The SMILES string of the molecule is CC(=O)[15N](C)C. The second-order valence-corrected chi connectivity index (χ2v) is 1.41. The third kappa shape index (κ3) is 1.76. The van der Waals surface area contributed by atoms with Gasteiger partial charge in [-0.3, -0.25) is 4.79 Å². The summed E-state index contributed by atoms with van der Waals surface area (Å²) in [6, 6.07) is 0. The Morgan fingerprint density at radius 3 is 1.67 bits per heavy atom. The Bertz CT molecular complexity index is 58.6. The molecule has 2 heteroatoms. The highest BCUT2D eigenvalue weighted by Crippen LogP contribution is 1.69. The summed E-state index contributed by atoms with van der Waals surface area (Å²) in [7, 11) is 3.45. The second-order valence-electron chi connectivity index (χ2n) is 1.41. The Labute approximate surface area is 37.8 Å². The van der Waals surface area contributed by atoms with Crippen molar-refractivity contribution in [1.29, 1.82) is 0 Å². The largest absolute Gasteiger partial charge is 0.349 e. The topological polar surface area (TPSA) is 20.3 Å². The number of amides is 1. The minimum absolute atomic E-state index is 0.0926. The first-order valence-corrected chi connectivity index (χ1v) is 1.82. The molecule has 0 aromatic heterocycles. The van der Waals surface area contributed by atoms with Gasteiger partial charge in [0.05, 0.1) is 0 Å². The van der Waals surface area contributed by atoms with Crippen molar-refractivity contribution in [2.24, 2.45) is 0 Å². The lowest BCUT2D eigenvalue weighted by molar-refractivity contribution is -0.126. The minimum Gasteiger partial charge on any atom is -0.349 e. The minimum atomic E-state index is 0.0926. The molecule has 0 N–H and O–H groups in total. The average molecular weight is 88.1 g/mol. The molecule has 0 bridgehead atoms. The van der Waals surface area contributed by atoms with Crippen LogP contribution in [-0.4, -0.2) is 24.9 Å². The van der Waals surface area contributed by atoms with Crippen LogP contribution < -0.4 is 0 Å². The van der Waals surface area contributed by atoms with E-state index < -0.39 is 0 Å². The molecule has 0 spiro atoms. The monoisotopic (exact) mass is 88.1 g/mol. The third-order valence-corrected chi connectivity index (χ3v) is 0.630. The van der Waals surface area contributed by atoms with E-state index in [-0.39, 0.29) is 5.91 Å². The van der Waals surface area contributed by atoms with Crippen molar-refractivity contribution in [2.75, 3.05) is 14.1 Å². The standard InChI is InChI=1S/C4H9NO/c1-4(6)5(2)3/h1-3H3/i5+1. The van der Waals surface area contributed by atoms with Crippen molar-refractivity contribution < 1.29 is 4.79 Å². The molecule has 0 fully saturated rings. The van der Waals surface area contributed by atoms with E-state index in [0.717, 1.165) is 0 Å². The van der Waals surface area contributed by atoms with Crippen LogP contribution >= 0.6 is 0 Å². The zero-order valence-electron chi connectivity index (χ0n) is 4.36. The molecule has 0 saturated heterocycles. The molecule has 0 heterocycles. The smallest absolute Gasteiger partial charge is 0.218 e. The number of rotatable bonds is 0. The maximum Gasteiger partial charge on any atom is 0.218 e. The van der Waals surface area contributed by atoms with Crippen LogP contribution in [-0.2, 0) is 4.79 Å². The molecule has 6 heavy (non-hydrogen) atoms. The molecule has 0 aliphatic rings. The number of hydrogen-bond acceptors (Lipinski definition) is 1. The first kappa shape index (κ1) is 5.47. The molecule has 0 atom stereocenters. The molecule has 2 nitrogen and oxygen atoms in total. The highest BCUT2D eigenvalue weighted by molar-refractivity contribution is 5.72. The van der Waals surface area contributed by atoms with E-state index in [1.165, 1.54) is 11.8 Å². The van der Waals surface area contributed by atoms with Crippen LogP contribution in [0, 0.1) is 0 Å². The summed E-state index contributed by atoms with van der Waals surface area (Å²) in [5.41, 5.74) is 0. The summed E-state index contributed by atoms with van der Waals surface area (Å²) in [4.78, 5) is 11.6. The maximum absolute atomic E-state index is 10.1. The molecular formula is C4H9NO. The molecule has 0 aromatic rings. The molecule has 36 valence electrons. The van der Waals surface area contributed by atoms with E-state index >= 15 is 0 Å². The molecule has 0 aliphatic heterocycles. The highest BCUT2D eigenvalue weighted by atomic mass is 16.2. The summed E-state index contributed by atoms with van der Waals surface area (Å²) in [6.45, 7) is 1.53. The van der Waals surface area contributed by atoms with Gasteiger partial charge in [0.15, 0.2) is 0 Å². The van der Waals surface area contributed by atoms with Crippen LogP contribution in [0.4, 0.5) is 0 Å². The van der Waals surface area contributed by atoms with Gasteiger partial charge in [0.25, 0.3) is 0 Å². The molecule has 1 amide bonds. The predicted octanol–water partition coefficient (Wildman–Crippen LogP) is 0.0945. The lowest BCUT2D eigenvalue weighted by Crippen LogP contribution is -2.17. The molecule has 0 saturated carbocycles. The maximum atomic E-state index is 10.1. The quantitative estimate of drug-likeness (QED) is 0.384. The highest BCUT2D eigenvalue weighted by Gasteiger charge is 1.87. The zero-order chi connectivity index (χ0) is 5.15. The van der Waals surface area contributed by atoms with Crippen LogP contribution in [0.5, 0.6) is 0 Å². The normalized spacial score (nSPS) is 7.83. The van der Waals surface area contributed by atoms with Crippen molar-refractivity contribution >= 4 is 5.91 Å². The molecular weight excluding hydrogens is 79.0 g/mol. The van der Waals surface area contributed by atoms with E-state index in [2.05, 4.69) is 0 Å². The Kier molecular flexibility index (Phi) is 1.64. The Morgan fingerprint density at radius 2 is 1.67 bits per heavy atom. The van der Waals surface area contributed by atoms with E-state index in [9.17, 15) is 4.79 Å². The van der Waals surface area contributed by atoms with Gasteiger partial charge in [-0.15, -0.1) is 0 Å². The van der Waals surface area contributed by atoms with E-state index in [1.54, 1.807) is 14.1 Å². The Hall–Kier alpha value is -0.530. The predicted molar refractivity (Wildman–Crippen MR) is 24.4 cm³/mol. The average Bonchev–Trinajstić information content (AvgIpc) is 1.36. The fourth-order valence-electron chi connectivity index (χ4n) is 0. The summed E-state index contributed by atoms with van der Waals surface area (Å²) in [6.07, 6.45) is 0. The summed E-state index contributed by atoms with van der Waals surface area (Å²) < 4.78 is 0. The number of carbonyl (C=O) groups excluding carboxylic acids is 1. The van der Waals surface area contributed by atoms with Gasteiger partial charge < -0.3 is 4.90 Å². The van der Waals surface area contributed by atoms with Gasteiger partial charge in [-0.05, 0) is 0 Å². The third-order valence-electron chi connectivity index (χ3n) is 0.630. The Balaban J connectivity index is 3.26. The second kappa shape index (κ2) is 1.80. The first-order valence-electron chi connectivity index (χ1n) is 1.82. The number of nitrogens with zero attached hydrogens (tertiary/aromatic N) is 1. The van der Waals surface area contributed by atoms with Crippen LogP contribution in [0.1, 0.15) is 6.92 Å². The van der Waals surface area contributed by atoms with Gasteiger partial charge in [0.1, 0.15) is 0 Å². The van der Waals surface area contributed by atoms with Crippen molar-refractivity contribution in [2.45, 2.75) is 6.92 Å². The summed E-state index contributed by atoms with van der Waals surface area (Å²) in [5, 5.41) is 0. The molecule has 0 unspecified atom stereocenters. The summed E-state index contributed by atoms with van der Waals surface area (Å²) in [5.74, 6) is 0.0926. The van der Waals surface area contributed by atoms with Crippen LogP contribution in [0.3, 0.4) is 0 Å². The molecule has 0 rings (SSSR count). The zero-order valence-corrected chi connectivity index (χ0v) is 4.36. The van der Waals surface area contributed by atoms with Crippen molar-refractivity contribution in [3.63, 3.8) is 0 Å². The van der Waals surface area contributed by atoms with Gasteiger partial charge in [0.2, 0.25) is 5.91 Å². The number of hydrogen-bond donors (Lipinski definition) is 0. The van der Waals surface area contributed by atoms with Crippen molar-refractivity contribution in [3.8, 4) is 0 Å². The fourth-order valence-corrected chi connectivity index (χ4v) is 0. The van der Waals surface area contributed by atoms with Crippen LogP contribution in [0.25, 0.3) is 0 Å². The van der Waals surface area contributed by atoms with Crippen LogP contribution in [0.2, 0.25) is 0 Å². The lowest BCUT2D eigenvalue weighted by atomic mass is 10.7. The first-order chi connectivity index (χ1) is 2.64. The van der Waals surface area contributed by atoms with E-state index in [1.807, 2.05) is 0 Å². The fraction of sp³-hybridized carbons (Fsp3) is 0.750. The van der Waals surface area contributed by atoms with Gasteiger partial charge in [-0.2, -0.15) is 0 Å². The lowest BCUT2D eigenvalue weighted by Gasteiger charge is -2.02.